The van der Waals surface area contributed by atoms with E-state index in [-0.39, 0.29) is 0 Å². The number of halogens is 1. The summed E-state index contributed by atoms with van der Waals surface area (Å²) in [5, 5.41) is 8.40. The Balaban J connectivity index is 1.34. The van der Waals surface area contributed by atoms with Gasteiger partial charge >= 0.3 is 0 Å². The fourth-order valence-corrected chi connectivity index (χ4v) is 4.31. The van der Waals surface area contributed by atoms with Crippen LogP contribution in [0.3, 0.4) is 0 Å². The van der Waals surface area contributed by atoms with Crippen LogP contribution in [0.5, 0.6) is 0 Å². The highest BCUT2D eigenvalue weighted by Gasteiger charge is 2.22. The molecule has 1 heterocycles. The lowest BCUT2D eigenvalue weighted by molar-refractivity contribution is 0.352. The van der Waals surface area contributed by atoms with E-state index in [9.17, 15) is 0 Å². The van der Waals surface area contributed by atoms with Crippen molar-refractivity contribution in [2.45, 2.75) is 44.3 Å². The zero-order valence-corrected chi connectivity index (χ0v) is 19.2. The van der Waals surface area contributed by atoms with E-state index in [4.69, 9.17) is 9.97 Å². The predicted octanol–water partition coefficient (Wildman–Crippen LogP) is 4.81. The molecule has 5 nitrogen and oxygen atoms in total. The summed E-state index contributed by atoms with van der Waals surface area (Å²) in [7, 11) is 4.06. The summed E-state index contributed by atoms with van der Waals surface area (Å²) in [5.74, 6) is 1.70. The number of fused-ring (bicyclic) bond motifs is 1. The molecule has 0 radical (unpaired) electrons. The van der Waals surface area contributed by atoms with Gasteiger partial charge in [0.25, 0.3) is 0 Å². The molecule has 152 valence electrons. The van der Waals surface area contributed by atoms with Crippen molar-refractivity contribution in [2.24, 2.45) is 0 Å². The maximum Gasteiger partial charge on any atom is 0.225 e. The summed E-state index contributed by atoms with van der Waals surface area (Å²) in [5.41, 5.74) is 2.34. The van der Waals surface area contributed by atoms with Gasteiger partial charge in [-0.2, -0.15) is 4.98 Å². The molecule has 29 heavy (non-hydrogen) atoms. The van der Waals surface area contributed by atoms with Crippen molar-refractivity contribution in [1.29, 1.82) is 0 Å². The van der Waals surface area contributed by atoms with Crippen LogP contribution in [0.25, 0.3) is 10.9 Å². The lowest BCUT2D eigenvalue weighted by Crippen LogP contribution is -2.37. The van der Waals surface area contributed by atoms with E-state index >= 15 is 0 Å². The molecule has 1 fully saturated rings. The number of benzene rings is 2. The Morgan fingerprint density at radius 1 is 0.931 bits per heavy atom. The van der Waals surface area contributed by atoms with Gasteiger partial charge in [-0.15, -0.1) is 0 Å². The summed E-state index contributed by atoms with van der Waals surface area (Å²) >= 11 is 2.35. The second-order valence-electron chi connectivity index (χ2n) is 7.98. The summed E-state index contributed by atoms with van der Waals surface area (Å²) in [6, 6.07) is 18.0. The molecular weight excluding hydrogens is 473 g/mol. The fraction of sp³-hybridized carbons (Fsp3) is 0.391. The molecule has 0 aliphatic heterocycles. The van der Waals surface area contributed by atoms with E-state index in [0.29, 0.717) is 12.1 Å². The third-order valence-corrected chi connectivity index (χ3v) is 6.29. The number of hydrogen-bond acceptors (Lipinski definition) is 5. The number of nitrogens with one attached hydrogen (secondary N) is 2. The first-order chi connectivity index (χ1) is 14.1. The van der Waals surface area contributed by atoms with Gasteiger partial charge in [0, 0.05) is 41.7 Å². The molecular formula is C23H28IN5. The number of hydrogen-bond donors (Lipinski definition) is 2. The van der Waals surface area contributed by atoms with Crippen LogP contribution in [0.1, 0.15) is 31.2 Å². The molecule has 1 aliphatic carbocycles. The Morgan fingerprint density at radius 2 is 1.62 bits per heavy atom. The molecule has 0 bridgehead atoms. The van der Waals surface area contributed by atoms with Crippen LogP contribution in [-0.4, -0.2) is 36.1 Å². The van der Waals surface area contributed by atoms with Crippen LogP contribution in [0.2, 0.25) is 0 Å². The van der Waals surface area contributed by atoms with Crippen molar-refractivity contribution in [1.82, 2.24) is 15.3 Å². The zero-order valence-electron chi connectivity index (χ0n) is 17.0. The quantitative estimate of drug-likeness (QED) is 0.475. The molecule has 0 amide bonds. The molecule has 0 saturated heterocycles. The predicted molar refractivity (Wildman–Crippen MR) is 130 cm³/mol. The Labute approximate surface area is 186 Å². The number of para-hydroxylation sites is 1. The average molecular weight is 501 g/mol. The van der Waals surface area contributed by atoms with Crippen LogP contribution < -0.4 is 15.5 Å². The van der Waals surface area contributed by atoms with Crippen LogP contribution in [0.15, 0.2) is 48.5 Å². The number of nitrogens with zero attached hydrogens (tertiary/aromatic N) is 3. The van der Waals surface area contributed by atoms with Crippen LogP contribution >= 0.6 is 22.6 Å². The minimum Gasteiger partial charge on any atom is -0.362 e. The van der Waals surface area contributed by atoms with Crippen LogP contribution in [-0.2, 0) is 6.54 Å². The van der Waals surface area contributed by atoms with Gasteiger partial charge in [-0.05, 0) is 78.1 Å². The van der Waals surface area contributed by atoms with Crippen molar-refractivity contribution >= 4 is 45.3 Å². The Hall–Kier alpha value is -1.93. The van der Waals surface area contributed by atoms with E-state index in [1.54, 1.807) is 0 Å². The van der Waals surface area contributed by atoms with E-state index in [0.717, 1.165) is 42.1 Å². The number of rotatable bonds is 6. The second-order valence-corrected chi connectivity index (χ2v) is 9.23. The van der Waals surface area contributed by atoms with Gasteiger partial charge in [-0.1, -0.05) is 24.3 Å². The molecule has 3 aromatic rings. The molecule has 6 heteroatoms. The lowest BCUT2D eigenvalue weighted by atomic mass is 9.91. The topological polar surface area (TPSA) is 53.1 Å². The zero-order chi connectivity index (χ0) is 20.2. The van der Waals surface area contributed by atoms with Crippen molar-refractivity contribution in [2.75, 3.05) is 24.3 Å². The largest absolute Gasteiger partial charge is 0.362 e. The normalized spacial score (nSPS) is 19.3. The standard InChI is InChI=1S/C23H28IN5/c1-29(2)22-20-5-3-4-6-21(20)27-23(28-22)26-19-13-11-18(12-14-19)25-15-16-7-9-17(24)10-8-16/h3-10,18-19,25H,11-15H2,1-2H3,(H,26,27,28)/t18-,19+. The summed E-state index contributed by atoms with van der Waals surface area (Å²) < 4.78 is 1.28. The lowest BCUT2D eigenvalue weighted by Gasteiger charge is -2.30. The highest BCUT2D eigenvalue weighted by molar-refractivity contribution is 14.1. The molecule has 1 saturated carbocycles. The number of aromatic nitrogens is 2. The molecule has 1 aliphatic rings. The Morgan fingerprint density at radius 3 is 2.34 bits per heavy atom. The highest BCUT2D eigenvalue weighted by Crippen LogP contribution is 2.26. The van der Waals surface area contributed by atoms with Crippen molar-refractivity contribution in [3.8, 4) is 0 Å². The molecule has 2 aromatic carbocycles. The minimum absolute atomic E-state index is 0.433. The van der Waals surface area contributed by atoms with Crippen LogP contribution in [0, 0.1) is 3.57 Å². The van der Waals surface area contributed by atoms with Gasteiger partial charge < -0.3 is 15.5 Å². The third-order valence-electron chi connectivity index (χ3n) is 5.58. The second kappa shape index (κ2) is 9.26. The Kier molecular flexibility index (Phi) is 6.50. The molecule has 0 spiro atoms. The van der Waals surface area contributed by atoms with Gasteiger partial charge in [0.05, 0.1) is 5.52 Å². The van der Waals surface area contributed by atoms with E-state index in [1.807, 2.05) is 26.2 Å². The molecule has 0 atom stereocenters. The average Bonchev–Trinajstić information content (AvgIpc) is 2.74. The smallest absolute Gasteiger partial charge is 0.225 e. The summed E-state index contributed by atoms with van der Waals surface area (Å²) in [4.78, 5) is 11.6. The minimum atomic E-state index is 0.433. The monoisotopic (exact) mass is 501 g/mol. The van der Waals surface area contributed by atoms with Gasteiger partial charge in [-0.3, -0.25) is 0 Å². The van der Waals surface area contributed by atoms with Crippen LogP contribution in [0.4, 0.5) is 11.8 Å². The first-order valence-electron chi connectivity index (χ1n) is 10.3. The van der Waals surface area contributed by atoms with Gasteiger partial charge in [0.15, 0.2) is 0 Å². The highest BCUT2D eigenvalue weighted by atomic mass is 127. The molecule has 1 aromatic heterocycles. The summed E-state index contributed by atoms with van der Waals surface area (Å²) in [6.07, 6.45) is 4.63. The van der Waals surface area contributed by atoms with E-state index in [1.165, 1.54) is 22.0 Å². The van der Waals surface area contributed by atoms with Gasteiger partial charge in [-0.25, -0.2) is 4.98 Å². The maximum atomic E-state index is 4.78. The van der Waals surface area contributed by atoms with Gasteiger partial charge in [0.2, 0.25) is 5.95 Å². The Bertz CT molecular complexity index is 949. The van der Waals surface area contributed by atoms with Crippen molar-refractivity contribution in [3.63, 3.8) is 0 Å². The third kappa shape index (κ3) is 5.17. The first-order valence-corrected chi connectivity index (χ1v) is 11.3. The van der Waals surface area contributed by atoms with Gasteiger partial charge in [0.1, 0.15) is 5.82 Å². The van der Waals surface area contributed by atoms with E-state index in [2.05, 4.69) is 74.5 Å². The van der Waals surface area contributed by atoms with Crippen molar-refractivity contribution < 1.29 is 0 Å². The molecule has 0 unspecified atom stereocenters. The first kappa shape index (κ1) is 20.3. The summed E-state index contributed by atoms with van der Waals surface area (Å²) in [6.45, 7) is 0.944. The number of anilines is 2. The molecule has 4 rings (SSSR count). The maximum absolute atomic E-state index is 4.78. The molecule has 2 N–H and O–H groups in total. The van der Waals surface area contributed by atoms with E-state index < -0.39 is 0 Å². The fourth-order valence-electron chi connectivity index (χ4n) is 3.95. The van der Waals surface area contributed by atoms with Crippen molar-refractivity contribution in [3.05, 3.63) is 57.7 Å². The SMILES string of the molecule is CN(C)c1nc(N[C@H]2CC[C@@H](NCc3ccc(I)cc3)CC2)nc2ccccc12.